The highest BCUT2D eigenvalue weighted by molar-refractivity contribution is 9.10. The van der Waals surface area contributed by atoms with Crippen LogP contribution < -0.4 is 4.74 Å². The Bertz CT molecular complexity index is 831. The molecule has 0 bridgehead atoms. The Morgan fingerprint density at radius 1 is 1.24 bits per heavy atom. The van der Waals surface area contributed by atoms with Gasteiger partial charge in [-0.1, -0.05) is 40.7 Å². The minimum atomic E-state index is 0.422. The summed E-state index contributed by atoms with van der Waals surface area (Å²) in [6.45, 7) is 7.90. The summed E-state index contributed by atoms with van der Waals surface area (Å²) < 4.78 is 7.91. The molecule has 0 spiro atoms. The number of halogens is 1. The predicted molar refractivity (Wildman–Crippen MR) is 85.8 cm³/mol. The molecule has 3 aromatic rings. The molecule has 0 saturated heterocycles. The van der Waals surface area contributed by atoms with Gasteiger partial charge in [0, 0.05) is 9.86 Å². The number of methoxy groups -OCH3 is 1. The van der Waals surface area contributed by atoms with E-state index in [1.807, 2.05) is 47.1 Å². The second-order valence-electron chi connectivity index (χ2n) is 4.58. The van der Waals surface area contributed by atoms with E-state index in [1.54, 1.807) is 7.11 Å². The van der Waals surface area contributed by atoms with Gasteiger partial charge in [0.2, 0.25) is 0 Å². The maximum absolute atomic E-state index is 7.28. The molecule has 21 heavy (non-hydrogen) atoms. The van der Waals surface area contributed by atoms with Gasteiger partial charge in [-0.15, -0.1) is 0 Å². The lowest BCUT2D eigenvalue weighted by Crippen LogP contribution is -2.01. The van der Waals surface area contributed by atoms with Crippen LogP contribution in [0.2, 0.25) is 0 Å². The summed E-state index contributed by atoms with van der Waals surface area (Å²) in [6.07, 6.45) is 0. The molecule has 0 amide bonds. The van der Waals surface area contributed by atoms with Crippen molar-refractivity contribution in [3.8, 4) is 5.75 Å². The molecule has 1 aromatic heterocycles. The molecule has 0 unspecified atom stereocenters. The fourth-order valence-corrected chi connectivity index (χ4v) is 2.80. The van der Waals surface area contributed by atoms with Crippen LogP contribution in [-0.2, 0) is 6.54 Å². The highest BCUT2D eigenvalue weighted by atomic mass is 79.9. The first-order valence-electron chi connectivity index (χ1n) is 6.38. The molecule has 2 aromatic carbocycles. The van der Waals surface area contributed by atoms with E-state index in [9.17, 15) is 0 Å². The SMILES string of the molecule is [C-]#[N+]c1nn(Cc2ccc(OC)cc2)c2cccc(Br)c12. The normalized spacial score (nSPS) is 10.5. The lowest BCUT2D eigenvalue weighted by molar-refractivity contribution is 0.414. The maximum atomic E-state index is 7.28. The smallest absolute Gasteiger partial charge is 0.304 e. The molecule has 0 aliphatic rings. The molecule has 0 atom stereocenters. The van der Waals surface area contributed by atoms with E-state index in [4.69, 9.17) is 11.3 Å². The topological polar surface area (TPSA) is 31.4 Å². The van der Waals surface area contributed by atoms with Crippen LogP contribution in [0.5, 0.6) is 5.75 Å². The van der Waals surface area contributed by atoms with Gasteiger partial charge in [0.25, 0.3) is 0 Å². The number of hydrogen-bond acceptors (Lipinski definition) is 2. The van der Waals surface area contributed by atoms with Crippen molar-refractivity contribution in [3.05, 3.63) is 63.9 Å². The second-order valence-corrected chi connectivity index (χ2v) is 5.43. The van der Waals surface area contributed by atoms with Crippen molar-refractivity contribution in [2.75, 3.05) is 7.11 Å². The summed E-state index contributed by atoms with van der Waals surface area (Å²) in [7, 11) is 1.65. The number of hydrogen-bond donors (Lipinski definition) is 0. The van der Waals surface area contributed by atoms with Gasteiger partial charge in [-0.25, -0.2) is 0 Å². The van der Waals surface area contributed by atoms with E-state index in [-0.39, 0.29) is 0 Å². The molecule has 5 heteroatoms. The highest BCUT2D eigenvalue weighted by Gasteiger charge is 2.15. The van der Waals surface area contributed by atoms with E-state index in [2.05, 4.69) is 25.9 Å². The molecule has 104 valence electrons. The zero-order valence-electron chi connectivity index (χ0n) is 11.4. The van der Waals surface area contributed by atoms with E-state index in [0.29, 0.717) is 12.4 Å². The third kappa shape index (κ3) is 2.50. The number of fused-ring (bicyclic) bond motifs is 1. The fourth-order valence-electron chi connectivity index (χ4n) is 2.27. The lowest BCUT2D eigenvalue weighted by Gasteiger charge is -2.03. The van der Waals surface area contributed by atoms with Gasteiger partial charge >= 0.3 is 5.82 Å². The molecule has 0 radical (unpaired) electrons. The average Bonchev–Trinajstić information content (AvgIpc) is 2.87. The molecule has 0 N–H and O–H groups in total. The molecule has 1 heterocycles. The summed E-state index contributed by atoms with van der Waals surface area (Å²) in [4.78, 5) is 3.52. The second kappa shape index (κ2) is 5.58. The largest absolute Gasteiger partial charge is 0.497 e. The molecular formula is C16H12BrN3O. The molecule has 3 rings (SSSR count). The standard InChI is InChI=1S/C16H12BrN3O/c1-18-16-15-13(17)4-3-5-14(15)20(19-16)10-11-6-8-12(21-2)9-7-11/h3-9H,10H2,2H3. The number of benzene rings is 2. The van der Waals surface area contributed by atoms with Crippen LogP contribution in [0.1, 0.15) is 5.56 Å². The third-order valence-corrected chi connectivity index (χ3v) is 3.97. The Labute approximate surface area is 130 Å². The van der Waals surface area contributed by atoms with Crippen LogP contribution in [0.3, 0.4) is 0 Å². The Morgan fingerprint density at radius 2 is 2.00 bits per heavy atom. The first-order chi connectivity index (χ1) is 10.2. The van der Waals surface area contributed by atoms with Crippen LogP contribution >= 0.6 is 15.9 Å². The Balaban J connectivity index is 2.04. The van der Waals surface area contributed by atoms with Crippen LogP contribution in [0, 0.1) is 6.57 Å². The fraction of sp³-hybridized carbons (Fsp3) is 0.125. The van der Waals surface area contributed by atoms with Gasteiger partial charge in [0.15, 0.2) is 0 Å². The van der Waals surface area contributed by atoms with E-state index in [0.717, 1.165) is 26.7 Å². The number of aromatic nitrogens is 2. The quantitative estimate of drug-likeness (QED) is 0.661. The van der Waals surface area contributed by atoms with Gasteiger partial charge in [-0.2, -0.15) is 4.68 Å². The molecule has 0 saturated carbocycles. The molecular weight excluding hydrogens is 330 g/mol. The zero-order valence-corrected chi connectivity index (χ0v) is 13.0. The Kier molecular flexibility index (Phi) is 3.63. The van der Waals surface area contributed by atoms with Crippen molar-refractivity contribution in [2.45, 2.75) is 6.54 Å². The van der Waals surface area contributed by atoms with E-state index < -0.39 is 0 Å². The van der Waals surface area contributed by atoms with Crippen molar-refractivity contribution < 1.29 is 4.74 Å². The van der Waals surface area contributed by atoms with Crippen LogP contribution in [0.4, 0.5) is 5.82 Å². The summed E-state index contributed by atoms with van der Waals surface area (Å²) in [5, 5.41) is 5.27. The monoisotopic (exact) mass is 341 g/mol. The van der Waals surface area contributed by atoms with Gasteiger partial charge in [-0.05, 0) is 34.9 Å². The predicted octanol–water partition coefficient (Wildman–Crippen LogP) is 4.41. The highest BCUT2D eigenvalue weighted by Crippen LogP contribution is 2.32. The summed E-state index contributed by atoms with van der Waals surface area (Å²) in [6, 6.07) is 13.7. The van der Waals surface area contributed by atoms with Crippen LogP contribution in [0.15, 0.2) is 46.9 Å². The molecule has 4 nitrogen and oxygen atoms in total. The number of rotatable bonds is 3. The molecule has 0 aliphatic carbocycles. The van der Waals surface area contributed by atoms with Gasteiger partial charge in [0.1, 0.15) is 5.75 Å². The first kappa shape index (κ1) is 13.7. The van der Waals surface area contributed by atoms with Crippen molar-refractivity contribution in [3.63, 3.8) is 0 Å². The minimum absolute atomic E-state index is 0.422. The summed E-state index contributed by atoms with van der Waals surface area (Å²) in [5.74, 6) is 1.25. The number of nitrogens with zero attached hydrogens (tertiary/aromatic N) is 3. The number of ether oxygens (including phenoxy) is 1. The molecule has 0 aliphatic heterocycles. The van der Waals surface area contributed by atoms with E-state index >= 15 is 0 Å². The van der Waals surface area contributed by atoms with Crippen molar-refractivity contribution in [2.24, 2.45) is 0 Å². The minimum Gasteiger partial charge on any atom is -0.497 e. The van der Waals surface area contributed by atoms with Gasteiger partial charge in [0.05, 0.1) is 19.2 Å². The zero-order chi connectivity index (χ0) is 14.8. The van der Waals surface area contributed by atoms with Gasteiger partial charge in [-0.3, -0.25) is 0 Å². The van der Waals surface area contributed by atoms with Crippen molar-refractivity contribution in [1.29, 1.82) is 0 Å². The van der Waals surface area contributed by atoms with Crippen LogP contribution in [-0.4, -0.2) is 16.9 Å². The van der Waals surface area contributed by atoms with Crippen molar-refractivity contribution >= 4 is 32.7 Å². The van der Waals surface area contributed by atoms with Crippen molar-refractivity contribution in [1.82, 2.24) is 9.78 Å². The Hall–Kier alpha value is -2.32. The van der Waals surface area contributed by atoms with Crippen LogP contribution in [0.25, 0.3) is 15.7 Å². The summed E-state index contributed by atoms with van der Waals surface area (Å²) >= 11 is 3.49. The van der Waals surface area contributed by atoms with E-state index in [1.165, 1.54) is 0 Å². The lowest BCUT2D eigenvalue weighted by atomic mass is 10.2. The maximum Gasteiger partial charge on any atom is 0.304 e. The third-order valence-electron chi connectivity index (χ3n) is 3.31. The van der Waals surface area contributed by atoms with Gasteiger partial charge < -0.3 is 9.58 Å². The Morgan fingerprint density at radius 3 is 2.67 bits per heavy atom. The summed E-state index contributed by atoms with van der Waals surface area (Å²) in [5.41, 5.74) is 2.06. The average molecular weight is 342 g/mol. The molecule has 0 fully saturated rings. The first-order valence-corrected chi connectivity index (χ1v) is 7.17.